The zero-order valence-electron chi connectivity index (χ0n) is 10.7. The number of hydrogen-bond donors (Lipinski definition) is 0. The molecule has 94 valence electrons. The van der Waals surface area contributed by atoms with Gasteiger partial charge in [0.15, 0.2) is 0 Å². The lowest BCUT2D eigenvalue weighted by molar-refractivity contribution is -0.137. The lowest BCUT2D eigenvalue weighted by Gasteiger charge is -2.03. The van der Waals surface area contributed by atoms with Gasteiger partial charge < -0.3 is 9.30 Å². The summed E-state index contributed by atoms with van der Waals surface area (Å²) in [5.74, 6) is -1.41. The minimum atomic E-state index is -0.805. The molecule has 0 atom stereocenters. The third-order valence-electron chi connectivity index (χ3n) is 2.89. The maximum Gasteiger partial charge on any atom is 0.381 e. The van der Waals surface area contributed by atoms with Crippen LogP contribution >= 0.6 is 0 Å². The number of carbonyl (C=O) groups is 2. The number of aryl methyl sites for hydroxylation is 2. The number of nitrogens with zero attached hydrogens (tertiary/aromatic N) is 1. The highest BCUT2D eigenvalue weighted by Gasteiger charge is 2.21. The molecule has 18 heavy (non-hydrogen) atoms. The molecule has 0 aliphatic heterocycles. The van der Waals surface area contributed by atoms with Crippen LogP contribution in [0, 0.1) is 6.92 Å². The van der Waals surface area contributed by atoms with Gasteiger partial charge in [-0.15, -0.1) is 0 Å². The van der Waals surface area contributed by atoms with Crippen LogP contribution in [0.15, 0.2) is 24.3 Å². The number of rotatable bonds is 3. The maximum absolute atomic E-state index is 11.9. The van der Waals surface area contributed by atoms with Crippen molar-refractivity contribution in [3.05, 3.63) is 35.5 Å². The highest BCUT2D eigenvalue weighted by atomic mass is 16.5. The Morgan fingerprint density at radius 1 is 1.28 bits per heavy atom. The Morgan fingerprint density at radius 2 is 2.00 bits per heavy atom. The molecule has 2 rings (SSSR count). The predicted molar refractivity (Wildman–Crippen MR) is 68.6 cm³/mol. The number of ether oxygens (including phenoxy) is 1. The number of Topliss-reactive ketones (excluding diaryl/α,β-unsaturated/α-hetero) is 1. The summed E-state index contributed by atoms with van der Waals surface area (Å²) in [5, 5.41) is 0.941. The number of esters is 1. The highest BCUT2D eigenvalue weighted by molar-refractivity contribution is 6.40. The van der Waals surface area contributed by atoms with Crippen LogP contribution in [-0.2, 0) is 16.6 Å². The number of benzene rings is 1. The standard InChI is InChI=1S/C14H15NO3/c1-4-18-14(17)13(16)12-8-10-6-5-9(2)7-11(10)15(12)3/h5-8H,4H2,1-3H3. The first kappa shape index (κ1) is 12.4. The van der Waals surface area contributed by atoms with E-state index < -0.39 is 11.8 Å². The number of carbonyl (C=O) groups excluding carboxylic acids is 2. The molecule has 0 saturated heterocycles. The van der Waals surface area contributed by atoms with Gasteiger partial charge in [-0.05, 0) is 31.5 Å². The molecular weight excluding hydrogens is 230 g/mol. The Bertz CT molecular complexity index is 625. The third-order valence-corrected chi connectivity index (χ3v) is 2.89. The van der Waals surface area contributed by atoms with Crippen molar-refractivity contribution in [1.29, 1.82) is 0 Å². The van der Waals surface area contributed by atoms with Crippen LogP contribution in [0.4, 0.5) is 0 Å². The smallest absolute Gasteiger partial charge is 0.381 e. The summed E-state index contributed by atoms with van der Waals surface area (Å²) in [4.78, 5) is 23.4. The van der Waals surface area contributed by atoms with Gasteiger partial charge in [-0.25, -0.2) is 4.79 Å². The monoisotopic (exact) mass is 245 g/mol. The predicted octanol–water partition coefficient (Wildman–Crippen LogP) is 2.23. The third kappa shape index (κ3) is 2.01. The molecule has 4 nitrogen and oxygen atoms in total. The molecule has 2 aromatic rings. The largest absolute Gasteiger partial charge is 0.460 e. The van der Waals surface area contributed by atoms with Gasteiger partial charge >= 0.3 is 5.97 Å². The Balaban J connectivity index is 2.49. The highest BCUT2D eigenvalue weighted by Crippen LogP contribution is 2.20. The van der Waals surface area contributed by atoms with Crippen LogP contribution in [-0.4, -0.2) is 22.9 Å². The van der Waals surface area contributed by atoms with Crippen molar-refractivity contribution in [3.8, 4) is 0 Å². The van der Waals surface area contributed by atoms with Gasteiger partial charge in [-0.3, -0.25) is 4.79 Å². The topological polar surface area (TPSA) is 48.3 Å². The van der Waals surface area contributed by atoms with Gasteiger partial charge in [0.2, 0.25) is 0 Å². The van der Waals surface area contributed by atoms with Crippen LogP contribution in [0.2, 0.25) is 0 Å². The van der Waals surface area contributed by atoms with E-state index in [9.17, 15) is 9.59 Å². The van der Waals surface area contributed by atoms with Crippen molar-refractivity contribution in [3.63, 3.8) is 0 Å². The van der Waals surface area contributed by atoms with Crippen LogP contribution in [0.1, 0.15) is 23.0 Å². The van der Waals surface area contributed by atoms with Crippen molar-refractivity contribution in [2.75, 3.05) is 6.61 Å². The van der Waals surface area contributed by atoms with Gasteiger partial charge in [0.1, 0.15) is 0 Å². The summed E-state index contributed by atoms with van der Waals surface area (Å²) in [6.45, 7) is 3.86. The van der Waals surface area contributed by atoms with E-state index in [1.54, 1.807) is 24.6 Å². The van der Waals surface area contributed by atoms with Crippen molar-refractivity contribution < 1.29 is 14.3 Å². The zero-order valence-corrected chi connectivity index (χ0v) is 10.7. The molecule has 0 fully saturated rings. The number of aromatic nitrogens is 1. The molecule has 0 aliphatic carbocycles. The average molecular weight is 245 g/mol. The SMILES string of the molecule is CCOC(=O)C(=O)c1cc2ccc(C)cc2n1C. The second-order valence-corrected chi connectivity index (χ2v) is 4.20. The van der Waals surface area contributed by atoms with Crippen molar-refractivity contribution in [1.82, 2.24) is 4.57 Å². The first-order chi connectivity index (χ1) is 8.54. The molecular formula is C14H15NO3. The Labute approximate surface area is 105 Å². The maximum atomic E-state index is 11.9. The van der Waals surface area contributed by atoms with Crippen LogP contribution < -0.4 is 0 Å². The number of ketones is 1. The molecule has 0 aliphatic rings. The molecule has 0 spiro atoms. The van der Waals surface area contributed by atoms with Crippen LogP contribution in [0.5, 0.6) is 0 Å². The summed E-state index contributed by atoms with van der Waals surface area (Å²) in [6, 6.07) is 7.61. The molecule has 0 N–H and O–H groups in total. The summed E-state index contributed by atoms with van der Waals surface area (Å²) < 4.78 is 6.45. The molecule has 4 heteroatoms. The fourth-order valence-corrected chi connectivity index (χ4v) is 1.96. The number of fused-ring (bicyclic) bond motifs is 1. The molecule has 0 unspecified atom stereocenters. The molecule has 0 radical (unpaired) electrons. The molecule has 1 aromatic carbocycles. The fourth-order valence-electron chi connectivity index (χ4n) is 1.96. The quantitative estimate of drug-likeness (QED) is 0.473. The van der Waals surface area contributed by atoms with E-state index in [-0.39, 0.29) is 6.61 Å². The zero-order chi connectivity index (χ0) is 13.3. The lowest BCUT2D eigenvalue weighted by Crippen LogP contribution is -2.19. The summed E-state index contributed by atoms with van der Waals surface area (Å²) in [7, 11) is 1.77. The fraction of sp³-hybridized carbons (Fsp3) is 0.286. The Kier molecular flexibility index (Phi) is 3.19. The molecule has 0 amide bonds. The van der Waals surface area contributed by atoms with E-state index in [1.165, 1.54) is 0 Å². The molecule has 1 heterocycles. The second-order valence-electron chi connectivity index (χ2n) is 4.20. The van der Waals surface area contributed by atoms with Crippen molar-refractivity contribution >= 4 is 22.7 Å². The minimum Gasteiger partial charge on any atom is -0.460 e. The van der Waals surface area contributed by atoms with Crippen molar-refractivity contribution in [2.45, 2.75) is 13.8 Å². The van der Waals surface area contributed by atoms with Crippen LogP contribution in [0.25, 0.3) is 10.9 Å². The van der Waals surface area contributed by atoms with E-state index in [1.807, 2.05) is 25.1 Å². The molecule has 0 bridgehead atoms. The van der Waals surface area contributed by atoms with E-state index >= 15 is 0 Å². The van der Waals surface area contributed by atoms with Crippen LogP contribution in [0.3, 0.4) is 0 Å². The Hall–Kier alpha value is -2.10. The van der Waals surface area contributed by atoms with Gasteiger partial charge in [0, 0.05) is 18.0 Å². The Morgan fingerprint density at radius 3 is 2.67 bits per heavy atom. The summed E-state index contributed by atoms with van der Waals surface area (Å²) in [6.07, 6.45) is 0. The van der Waals surface area contributed by atoms with E-state index in [4.69, 9.17) is 4.74 Å². The normalized spacial score (nSPS) is 10.6. The van der Waals surface area contributed by atoms with E-state index in [0.29, 0.717) is 5.69 Å². The van der Waals surface area contributed by atoms with Gasteiger partial charge in [-0.2, -0.15) is 0 Å². The molecule has 0 saturated carbocycles. The summed E-state index contributed by atoms with van der Waals surface area (Å²) >= 11 is 0. The first-order valence-corrected chi connectivity index (χ1v) is 5.82. The average Bonchev–Trinajstić information content (AvgIpc) is 2.66. The van der Waals surface area contributed by atoms with Gasteiger partial charge in [0.05, 0.1) is 12.3 Å². The molecule has 1 aromatic heterocycles. The van der Waals surface area contributed by atoms with Gasteiger partial charge in [-0.1, -0.05) is 12.1 Å². The second kappa shape index (κ2) is 4.64. The number of hydrogen-bond acceptors (Lipinski definition) is 3. The van der Waals surface area contributed by atoms with E-state index in [2.05, 4.69) is 0 Å². The summed E-state index contributed by atoms with van der Waals surface area (Å²) in [5.41, 5.74) is 2.40. The van der Waals surface area contributed by atoms with Crippen molar-refractivity contribution in [2.24, 2.45) is 7.05 Å². The van der Waals surface area contributed by atoms with E-state index in [0.717, 1.165) is 16.5 Å². The minimum absolute atomic E-state index is 0.202. The first-order valence-electron chi connectivity index (χ1n) is 5.82. The van der Waals surface area contributed by atoms with Gasteiger partial charge in [0.25, 0.3) is 5.78 Å². The lowest BCUT2D eigenvalue weighted by atomic mass is 10.2.